The molecule has 1 unspecified atom stereocenters. The Morgan fingerprint density at radius 3 is 2.89 bits per heavy atom. The van der Waals surface area contributed by atoms with Gasteiger partial charge in [0.2, 0.25) is 0 Å². The van der Waals surface area contributed by atoms with Gasteiger partial charge in [0.25, 0.3) is 0 Å². The van der Waals surface area contributed by atoms with Crippen LogP contribution in [-0.4, -0.2) is 48.1 Å². The van der Waals surface area contributed by atoms with E-state index in [-0.39, 0.29) is 17.6 Å². The zero-order valence-corrected chi connectivity index (χ0v) is 10.6. The van der Waals surface area contributed by atoms with Crippen molar-refractivity contribution < 1.29 is 14.6 Å². The minimum absolute atomic E-state index is 0.0871. The van der Waals surface area contributed by atoms with Gasteiger partial charge in [-0.1, -0.05) is 0 Å². The molecule has 1 atom stereocenters. The number of nitrogens with zero attached hydrogens (tertiary/aromatic N) is 1. The first-order valence-corrected chi connectivity index (χ1v) is 6.31. The Kier molecular flexibility index (Phi) is 4.33. The molecule has 2 rings (SSSR count). The van der Waals surface area contributed by atoms with E-state index in [1.54, 1.807) is 24.3 Å². The molecule has 1 aliphatic rings. The lowest BCUT2D eigenvalue weighted by molar-refractivity contribution is 0.0657. The van der Waals surface area contributed by atoms with Crippen LogP contribution in [0.25, 0.3) is 0 Å². The topological polar surface area (TPSA) is 49.8 Å². The number of ketones is 1. The smallest absolute Gasteiger partial charge is 0.176 e. The van der Waals surface area contributed by atoms with Crippen LogP contribution in [-0.2, 0) is 4.74 Å². The number of benzene rings is 1. The standard InChI is InChI=1S/C14H19NO3/c1-11-9-15(7-2-8-18-11)10-14(17)12-3-5-13(16)6-4-12/h3-6,11,16H,2,7-10H2,1H3. The van der Waals surface area contributed by atoms with Crippen LogP contribution in [0.15, 0.2) is 24.3 Å². The van der Waals surface area contributed by atoms with Crippen molar-refractivity contribution in [3.63, 3.8) is 0 Å². The second-order valence-electron chi connectivity index (χ2n) is 4.74. The third kappa shape index (κ3) is 3.55. The SMILES string of the molecule is CC1CN(CC(=O)c2ccc(O)cc2)CCCO1. The lowest BCUT2D eigenvalue weighted by Crippen LogP contribution is -2.34. The molecule has 0 saturated carbocycles. The largest absolute Gasteiger partial charge is 0.508 e. The Morgan fingerprint density at radius 2 is 2.17 bits per heavy atom. The highest BCUT2D eigenvalue weighted by atomic mass is 16.5. The average Bonchev–Trinajstić information content (AvgIpc) is 2.54. The van der Waals surface area contributed by atoms with Crippen molar-refractivity contribution in [2.45, 2.75) is 19.4 Å². The van der Waals surface area contributed by atoms with E-state index in [2.05, 4.69) is 4.90 Å². The lowest BCUT2D eigenvalue weighted by Gasteiger charge is -2.20. The highest BCUT2D eigenvalue weighted by molar-refractivity contribution is 5.97. The number of ether oxygens (including phenoxy) is 1. The van der Waals surface area contributed by atoms with Gasteiger partial charge in [-0.05, 0) is 37.6 Å². The fourth-order valence-electron chi connectivity index (χ4n) is 2.17. The molecule has 1 heterocycles. The summed E-state index contributed by atoms with van der Waals surface area (Å²) in [5.74, 6) is 0.271. The summed E-state index contributed by atoms with van der Waals surface area (Å²) in [6.07, 6.45) is 1.15. The first-order chi connectivity index (χ1) is 8.65. The van der Waals surface area contributed by atoms with Gasteiger partial charge in [0.1, 0.15) is 5.75 Å². The van der Waals surface area contributed by atoms with Crippen LogP contribution in [0.1, 0.15) is 23.7 Å². The van der Waals surface area contributed by atoms with Crippen molar-refractivity contribution in [2.24, 2.45) is 0 Å². The second-order valence-corrected chi connectivity index (χ2v) is 4.74. The van der Waals surface area contributed by atoms with Gasteiger partial charge in [0.15, 0.2) is 5.78 Å². The van der Waals surface area contributed by atoms with Crippen LogP contribution < -0.4 is 0 Å². The molecule has 1 aromatic carbocycles. The molecule has 0 radical (unpaired) electrons. The maximum absolute atomic E-state index is 12.1. The maximum Gasteiger partial charge on any atom is 0.176 e. The third-order valence-electron chi connectivity index (χ3n) is 3.09. The number of hydrogen-bond acceptors (Lipinski definition) is 4. The average molecular weight is 249 g/mol. The van der Waals surface area contributed by atoms with Crippen LogP contribution >= 0.6 is 0 Å². The molecule has 0 aromatic heterocycles. The zero-order valence-electron chi connectivity index (χ0n) is 10.6. The number of phenolic OH excluding ortho intramolecular Hbond substituents is 1. The fourth-order valence-corrected chi connectivity index (χ4v) is 2.17. The summed E-state index contributed by atoms with van der Waals surface area (Å²) in [6.45, 7) is 4.91. The zero-order chi connectivity index (χ0) is 13.0. The minimum atomic E-state index is 0.0871. The molecule has 4 heteroatoms. The van der Waals surface area contributed by atoms with Crippen molar-refractivity contribution >= 4 is 5.78 Å². The molecule has 0 amide bonds. The van der Waals surface area contributed by atoms with Gasteiger partial charge in [-0.15, -0.1) is 0 Å². The van der Waals surface area contributed by atoms with E-state index in [1.807, 2.05) is 6.92 Å². The summed E-state index contributed by atoms with van der Waals surface area (Å²) >= 11 is 0. The lowest BCUT2D eigenvalue weighted by atomic mass is 10.1. The molecule has 0 aliphatic carbocycles. The minimum Gasteiger partial charge on any atom is -0.508 e. The van der Waals surface area contributed by atoms with Crippen LogP contribution in [0.2, 0.25) is 0 Å². The van der Waals surface area contributed by atoms with E-state index in [0.29, 0.717) is 12.1 Å². The highest BCUT2D eigenvalue weighted by Gasteiger charge is 2.18. The predicted molar refractivity (Wildman–Crippen MR) is 68.9 cm³/mol. The van der Waals surface area contributed by atoms with Crippen molar-refractivity contribution in [3.8, 4) is 5.75 Å². The fraction of sp³-hybridized carbons (Fsp3) is 0.500. The monoisotopic (exact) mass is 249 g/mol. The third-order valence-corrected chi connectivity index (χ3v) is 3.09. The van der Waals surface area contributed by atoms with E-state index in [1.165, 1.54) is 0 Å². The summed E-state index contributed by atoms with van der Waals surface area (Å²) in [5.41, 5.74) is 0.644. The molecule has 4 nitrogen and oxygen atoms in total. The molecular formula is C14H19NO3. The van der Waals surface area contributed by atoms with Crippen LogP contribution in [0.3, 0.4) is 0 Å². The number of rotatable bonds is 3. The Labute approximate surface area is 107 Å². The van der Waals surface area contributed by atoms with Crippen molar-refractivity contribution in [3.05, 3.63) is 29.8 Å². The van der Waals surface area contributed by atoms with E-state index < -0.39 is 0 Å². The van der Waals surface area contributed by atoms with Gasteiger partial charge < -0.3 is 9.84 Å². The molecule has 1 aliphatic heterocycles. The number of hydrogen-bond donors (Lipinski definition) is 1. The molecule has 1 saturated heterocycles. The summed E-state index contributed by atoms with van der Waals surface area (Å²) in [7, 11) is 0. The normalized spacial score (nSPS) is 21.5. The highest BCUT2D eigenvalue weighted by Crippen LogP contribution is 2.12. The van der Waals surface area contributed by atoms with E-state index in [0.717, 1.165) is 26.1 Å². The van der Waals surface area contributed by atoms with Crippen LogP contribution in [0.4, 0.5) is 0 Å². The quantitative estimate of drug-likeness (QED) is 0.828. The first-order valence-electron chi connectivity index (χ1n) is 6.31. The number of carbonyl (C=O) groups is 1. The first kappa shape index (κ1) is 13.1. The van der Waals surface area contributed by atoms with Gasteiger partial charge in [-0.25, -0.2) is 0 Å². The van der Waals surface area contributed by atoms with Crippen molar-refractivity contribution in [2.75, 3.05) is 26.2 Å². The summed E-state index contributed by atoms with van der Waals surface area (Å²) in [4.78, 5) is 14.2. The summed E-state index contributed by atoms with van der Waals surface area (Å²) in [5, 5.41) is 9.19. The molecule has 1 N–H and O–H groups in total. The van der Waals surface area contributed by atoms with E-state index in [4.69, 9.17) is 4.74 Å². The van der Waals surface area contributed by atoms with Crippen molar-refractivity contribution in [1.29, 1.82) is 0 Å². The molecule has 18 heavy (non-hydrogen) atoms. The molecule has 98 valence electrons. The number of Topliss-reactive ketones (excluding diaryl/α,β-unsaturated/α-hetero) is 1. The predicted octanol–water partition coefficient (Wildman–Crippen LogP) is 1.69. The Hall–Kier alpha value is -1.39. The summed E-state index contributed by atoms with van der Waals surface area (Å²) < 4.78 is 5.55. The maximum atomic E-state index is 12.1. The molecular weight excluding hydrogens is 230 g/mol. The molecule has 0 bridgehead atoms. The van der Waals surface area contributed by atoms with Gasteiger partial charge in [0.05, 0.1) is 12.6 Å². The Balaban J connectivity index is 1.95. The van der Waals surface area contributed by atoms with Gasteiger partial charge in [-0.3, -0.25) is 9.69 Å². The van der Waals surface area contributed by atoms with E-state index >= 15 is 0 Å². The summed E-state index contributed by atoms with van der Waals surface area (Å²) in [6, 6.07) is 6.41. The molecule has 1 fully saturated rings. The number of aromatic hydroxyl groups is 1. The van der Waals surface area contributed by atoms with Crippen LogP contribution in [0, 0.1) is 0 Å². The van der Waals surface area contributed by atoms with E-state index in [9.17, 15) is 9.90 Å². The van der Waals surface area contributed by atoms with Crippen LogP contribution in [0.5, 0.6) is 5.75 Å². The van der Waals surface area contributed by atoms with Gasteiger partial charge in [-0.2, -0.15) is 0 Å². The van der Waals surface area contributed by atoms with Gasteiger partial charge in [0, 0.05) is 25.3 Å². The second kappa shape index (κ2) is 5.98. The number of carbonyl (C=O) groups excluding carboxylic acids is 1. The molecule has 1 aromatic rings. The van der Waals surface area contributed by atoms with Crippen molar-refractivity contribution in [1.82, 2.24) is 4.90 Å². The Bertz CT molecular complexity index is 402. The Morgan fingerprint density at radius 1 is 1.44 bits per heavy atom. The molecule has 0 spiro atoms. The number of phenols is 1. The van der Waals surface area contributed by atoms with Gasteiger partial charge >= 0.3 is 0 Å².